The van der Waals surface area contributed by atoms with Gasteiger partial charge in [0.05, 0.1) is 34.2 Å². The summed E-state index contributed by atoms with van der Waals surface area (Å²) in [6.45, 7) is 12.6. The van der Waals surface area contributed by atoms with E-state index < -0.39 is 0 Å². The number of furan rings is 1. The van der Waals surface area contributed by atoms with Crippen LogP contribution in [0.2, 0.25) is 0 Å². The van der Waals surface area contributed by atoms with Gasteiger partial charge in [-0.05, 0) is 116 Å². The van der Waals surface area contributed by atoms with Crippen molar-refractivity contribution in [2.24, 2.45) is 0 Å². The van der Waals surface area contributed by atoms with Gasteiger partial charge < -0.3 is 4.42 Å². The Labute approximate surface area is 605 Å². The highest BCUT2D eigenvalue weighted by Crippen LogP contribution is 2.49. The Morgan fingerprint density at radius 3 is 1.17 bits per heavy atom. The van der Waals surface area contributed by atoms with Crippen LogP contribution in [0.1, 0.15) is 47.8 Å². The molecule has 0 unspecified atom stereocenters. The molecule has 1 aliphatic carbocycles. The standard InChI is InChI=1S/C29H20N2O.C26H22N2.C22H17N3.C16H13N3/c1-19-18-26(31-29(30-19)22-8-3-2-4-9-22)21-16-14-20(15-17-21)23-11-7-12-25-24-10-5-6-13-27(24)32-28(23)25;1-17-15-24(28-25(27-17)18-9-5-4-6-10-18)19-13-14-21-20-11-7-8-12-22(20)26(2,3)23(21)16-19;1-16-14-21(25-22(24-16)18-10-6-3-7-11-18)20-13-12-19(15-23-20)17-8-4-2-5-9-17;1-12-11-15(14-9-5-6-10-17-14)19-16(18-12)13-7-3-2-4-8-13/h2-18H,1H3;4-16H,1-3H3;2-15H,1H3;2-11H,1H3. The number of para-hydroxylation sites is 2. The molecule has 10 aromatic carbocycles. The molecule has 0 amide bonds. The van der Waals surface area contributed by atoms with E-state index in [9.17, 15) is 0 Å². The topological polar surface area (TPSA) is 142 Å². The van der Waals surface area contributed by atoms with Gasteiger partial charge in [0.15, 0.2) is 23.3 Å². The molecule has 17 aromatic rings. The minimum absolute atomic E-state index is 0.00767. The number of rotatable bonds is 10. The van der Waals surface area contributed by atoms with Gasteiger partial charge in [-0.3, -0.25) is 9.97 Å². The molecule has 0 N–H and O–H groups in total. The molecule has 1 aliphatic rings. The summed E-state index contributed by atoms with van der Waals surface area (Å²) in [4.78, 5) is 46.3. The number of nitrogens with zero attached hydrogens (tertiary/aromatic N) is 10. The second kappa shape index (κ2) is 29.8. The van der Waals surface area contributed by atoms with Crippen LogP contribution in [0.15, 0.2) is 332 Å². The van der Waals surface area contributed by atoms with Crippen LogP contribution in [0.25, 0.3) is 146 Å². The van der Waals surface area contributed by atoms with Gasteiger partial charge in [0.25, 0.3) is 0 Å². The van der Waals surface area contributed by atoms with E-state index in [2.05, 4.69) is 176 Å². The average Bonchev–Trinajstić information content (AvgIpc) is 1.57. The Morgan fingerprint density at radius 1 is 0.250 bits per heavy atom. The molecule has 0 atom stereocenters. The van der Waals surface area contributed by atoms with Crippen LogP contribution < -0.4 is 0 Å². The third-order valence-corrected chi connectivity index (χ3v) is 18.4. The molecule has 18 rings (SSSR count). The molecule has 0 radical (unpaired) electrons. The predicted molar refractivity (Wildman–Crippen MR) is 422 cm³/mol. The number of aromatic nitrogens is 10. The number of fused-ring (bicyclic) bond motifs is 6. The Morgan fingerprint density at radius 2 is 0.654 bits per heavy atom. The van der Waals surface area contributed by atoms with Crippen molar-refractivity contribution in [3.05, 3.63) is 362 Å². The Bertz CT molecular complexity index is 5780. The van der Waals surface area contributed by atoms with E-state index in [1.54, 1.807) is 6.20 Å². The lowest BCUT2D eigenvalue weighted by Gasteiger charge is -2.22. The molecular formula is C93H72N10O. The van der Waals surface area contributed by atoms with Crippen molar-refractivity contribution in [3.63, 3.8) is 0 Å². The molecule has 104 heavy (non-hydrogen) atoms. The lowest BCUT2D eigenvalue weighted by Crippen LogP contribution is -2.14. The second-order valence-electron chi connectivity index (χ2n) is 26.1. The van der Waals surface area contributed by atoms with E-state index in [1.165, 1.54) is 22.3 Å². The van der Waals surface area contributed by atoms with Crippen molar-refractivity contribution in [1.82, 2.24) is 49.8 Å². The summed E-state index contributed by atoms with van der Waals surface area (Å²) in [6, 6.07) is 107. The first-order valence-corrected chi connectivity index (χ1v) is 34.8. The average molecular weight is 1350 g/mol. The van der Waals surface area contributed by atoms with Gasteiger partial charge in [-0.15, -0.1) is 0 Å². The van der Waals surface area contributed by atoms with Gasteiger partial charge in [0, 0.05) is 95.9 Å². The van der Waals surface area contributed by atoms with Gasteiger partial charge in [0.2, 0.25) is 0 Å². The van der Waals surface area contributed by atoms with E-state index in [1.807, 2.05) is 222 Å². The smallest absolute Gasteiger partial charge is 0.160 e. The number of pyridine rings is 2. The lowest BCUT2D eigenvalue weighted by atomic mass is 9.82. The molecule has 0 saturated heterocycles. The maximum Gasteiger partial charge on any atom is 0.160 e. The van der Waals surface area contributed by atoms with Crippen LogP contribution in [-0.2, 0) is 5.41 Å². The van der Waals surface area contributed by atoms with Crippen LogP contribution in [0.3, 0.4) is 0 Å². The molecule has 0 fully saturated rings. The van der Waals surface area contributed by atoms with Gasteiger partial charge in [0.1, 0.15) is 11.2 Å². The van der Waals surface area contributed by atoms with Gasteiger partial charge in [-0.25, -0.2) is 39.9 Å². The zero-order valence-electron chi connectivity index (χ0n) is 58.6. The fourth-order valence-electron chi connectivity index (χ4n) is 13.2. The van der Waals surface area contributed by atoms with Gasteiger partial charge >= 0.3 is 0 Å². The van der Waals surface area contributed by atoms with Crippen LogP contribution in [-0.4, -0.2) is 49.8 Å². The van der Waals surface area contributed by atoms with E-state index in [-0.39, 0.29) is 5.41 Å². The number of benzene rings is 10. The molecule has 0 aliphatic heterocycles. The Kier molecular flexibility index (Phi) is 19.1. The minimum Gasteiger partial charge on any atom is -0.455 e. The summed E-state index contributed by atoms with van der Waals surface area (Å²) in [5.74, 6) is 2.99. The van der Waals surface area contributed by atoms with Crippen molar-refractivity contribution in [1.29, 1.82) is 0 Å². The van der Waals surface area contributed by atoms with E-state index in [0.29, 0.717) is 0 Å². The predicted octanol–water partition coefficient (Wildman–Crippen LogP) is 22.8. The van der Waals surface area contributed by atoms with Gasteiger partial charge in [-0.2, -0.15) is 0 Å². The SMILES string of the molecule is Cc1cc(-c2ccc(-c3cccc4c3oc3ccccc34)cc2)nc(-c2ccccc2)n1.Cc1cc(-c2ccc(-c3ccccc3)cn2)nc(-c2ccccc2)n1.Cc1cc(-c2ccc3c(c2)C(C)(C)c2ccccc2-3)nc(-c2ccccc2)n1.Cc1cc(-c2ccccn2)nc(-c2ccccc2)n1. The highest BCUT2D eigenvalue weighted by molar-refractivity contribution is 6.09. The maximum absolute atomic E-state index is 6.21. The summed E-state index contributed by atoms with van der Waals surface area (Å²) in [5, 5.41) is 2.28. The monoisotopic (exact) mass is 1340 g/mol. The number of aryl methyl sites for hydroxylation is 4. The van der Waals surface area contributed by atoms with Crippen LogP contribution in [0, 0.1) is 27.7 Å². The van der Waals surface area contributed by atoms with E-state index >= 15 is 0 Å². The first kappa shape index (κ1) is 66.5. The van der Waals surface area contributed by atoms with Crippen molar-refractivity contribution in [2.75, 3.05) is 0 Å². The molecular weight excluding hydrogens is 1270 g/mol. The lowest BCUT2D eigenvalue weighted by molar-refractivity contribution is 0.660. The molecule has 0 saturated carbocycles. The zero-order chi connectivity index (χ0) is 70.9. The first-order valence-electron chi connectivity index (χ1n) is 34.8. The van der Waals surface area contributed by atoms with E-state index in [4.69, 9.17) is 19.4 Å². The first-order chi connectivity index (χ1) is 50.9. The maximum atomic E-state index is 6.21. The van der Waals surface area contributed by atoms with Gasteiger partial charge in [-0.1, -0.05) is 275 Å². The van der Waals surface area contributed by atoms with Crippen molar-refractivity contribution in [2.45, 2.75) is 47.0 Å². The highest BCUT2D eigenvalue weighted by atomic mass is 16.3. The largest absolute Gasteiger partial charge is 0.455 e. The van der Waals surface area contributed by atoms with Crippen molar-refractivity contribution in [3.8, 4) is 124 Å². The molecule has 7 aromatic heterocycles. The summed E-state index contributed by atoms with van der Waals surface area (Å²) < 4.78 is 6.21. The minimum atomic E-state index is -0.00767. The third-order valence-electron chi connectivity index (χ3n) is 18.4. The molecule has 7 heterocycles. The van der Waals surface area contributed by atoms with Crippen LogP contribution in [0.4, 0.5) is 0 Å². The molecule has 11 nitrogen and oxygen atoms in total. The van der Waals surface area contributed by atoms with Crippen molar-refractivity contribution >= 4 is 21.9 Å². The molecule has 0 spiro atoms. The fraction of sp³-hybridized carbons (Fsp3) is 0.0753. The summed E-state index contributed by atoms with van der Waals surface area (Å²) in [6.07, 6.45) is 3.67. The molecule has 500 valence electrons. The Balaban J connectivity index is 0.000000113. The number of hydrogen-bond acceptors (Lipinski definition) is 11. The summed E-state index contributed by atoms with van der Waals surface area (Å²) in [7, 11) is 0. The van der Waals surface area contributed by atoms with E-state index in [0.717, 1.165) is 158 Å². The molecule has 11 heteroatoms. The number of hydrogen-bond donors (Lipinski definition) is 0. The fourth-order valence-corrected chi connectivity index (χ4v) is 13.2. The van der Waals surface area contributed by atoms with Crippen LogP contribution >= 0.6 is 0 Å². The normalized spacial score (nSPS) is 11.6. The highest BCUT2D eigenvalue weighted by Gasteiger charge is 2.35. The second-order valence-corrected chi connectivity index (χ2v) is 26.1. The molecule has 0 bridgehead atoms. The zero-order valence-corrected chi connectivity index (χ0v) is 58.6. The quantitative estimate of drug-likeness (QED) is 0.129. The third kappa shape index (κ3) is 14.6. The summed E-state index contributed by atoms with van der Waals surface area (Å²) in [5.41, 5.74) is 27.1. The Hall–Kier alpha value is -13.4. The van der Waals surface area contributed by atoms with Crippen LogP contribution in [0.5, 0.6) is 0 Å². The van der Waals surface area contributed by atoms with Crippen molar-refractivity contribution < 1.29 is 4.42 Å². The summed E-state index contributed by atoms with van der Waals surface area (Å²) >= 11 is 0.